The van der Waals surface area contributed by atoms with Gasteiger partial charge in [0.25, 0.3) is 0 Å². The molecule has 0 saturated carbocycles. The van der Waals surface area contributed by atoms with Crippen LogP contribution in [0.4, 0.5) is 5.69 Å². The lowest BCUT2D eigenvalue weighted by atomic mass is 10.3. The van der Waals surface area contributed by atoms with Gasteiger partial charge in [-0.2, -0.15) is 0 Å². The van der Waals surface area contributed by atoms with Gasteiger partial charge in [-0.05, 0) is 18.4 Å². The molecule has 0 aliphatic heterocycles. The van der Waals surface area contributed by atoms with E-state index >= 15 is 0 Å². The number of rotatable bonds is 5. The van der Waals surface area contributed by atoms with Crippen LogP contribution in [0.3, 0.4) is 0 Å². The highest BCUT2D eigenvalue weighted by Gasteiger charge is 2.06. The summed E-state index contributed by atoms with van der Waals surface area (Å²) in [5.41, 5.74) is 1.00. The topological polar surface area (TPSA) is 52.0 Å². The Hall–Kier alpha value is -1.69. The highest BCUT2D eigenvalue weighted by Crippen LogP contribution is 2.18. The average Bonchev–Trinajstić information content (AvgIpc) is 2.77. The van der Waals surface area contributed by atoms with Crippen LogP contribution in [-0.4, -0.2) is 28.1 Å². The summed E-state index contributed by atoms with van der Waals surface area (Å²) in [6, 6.07) is 7.81. The molecule has 0 spiro atoms. The third kappa shape index (κ3) is 2.76. The van der Waals surface area contributed by atoms with Crippen molar-refractivity contribution in [2.75, 3.05) is 18.7 Å². The number of hydrogen-bond acceptors (Lipinski definition) is 5. The van der Waals surface area contributed by atoms with Crippen molar-refractivity contribution in [2.45, 2.75) is 11.7 Å². The van der Waals surface area contributed by atoms with Gasteiger partial charge in [0.05, 0.1) is 13.7 Å². The van der Waals surface area contributed by atoms with Crippen LogP contribution in [0.15, 0.2) is 29.4 Å². The van der Waals surface area contributed by atoms with Crippen LogP contribution in [-0.2, 0) is 13.6 Å². The second-order valence-corrected chi connectivity index (χ2v) is 4.52. The van der Waals surface area contributed by atoms with Crippen LogP contribution < -0.4 is 10.1 Å². The lowest BCUT2D eigenvalue weighted by Crippen LogP contribution is -2.06. The molecule has 1 aromatic carbocycles. The third-order valence-electron chi connectivity index (χ3n) is 2.63. The van der Waals surface area contributed by atoms with Gasteiger partial charge in [-0.1, -0.05) is 17.8 Å². The van der Waals surface area contributed by atoms with E-state index < -0.39 is 0 Å². The van der Waals surface area contributed by atoms with Crippen LogP contribution in [0.5, 0.6) is 5.75 Å². The van der Waals surface area contributed by atoms with Crippen molar-refractivity contribution >= 4 is 17.4 Å². The van der Waals surface area contributed by atoms with Crippen molar-refractivity contribution in [1.29, 1.82) is 0 Å². The van der Waals surface area contributed by atoms with Crippen LogP contribution in [0.25, 0.3) is 0 Å². The molecule has 0 fully saturated rings. The number of methoxy groups -OCH3 is 1. The number of ether oxygens (including phenoxy) is 1. The van der Waals surface area contributed by atoms with Gasteiger partial charge in [0.2, 0.25) is 0 Å². The summed E-state index contributed by atoms with van der Waals surface area (Å²) in [5, 5.41) is 12.4. The number of thioether (sulfide) groups is 1. The monoisotopic (exact) mass is 264 g/mol. The van der Waals surface area contributed by atoms with E-state index in [1.54, 1.807) is 18.9 Å². The number of anilines is 1. The van der Waals surface area contributed by atoms with Gasteiger partial charge < -0.3 is 14.6 Å². The molecule has 1 aromatic heterocycles. The predicted octanol–water partition coefficient (Wildman–Crippen LogP) is 2.16. The van der Waals surface area contributed by atoms with Crippen LogP contribution in [0.2, 0.25) is 0 Å². The molecule has 6 heteroatoms. The van der Waals surface area contributed by atoms with Gasteiger partial charge >= 0.3 is 0 Å². The van der Waals surface area contributed by atoms with Crippen molar-refractivity contribution in [2.24, 2.45) is 7.05 Å². The minimum absolute atomic E-state index is 0.636. The van der Waals surface area contributed by atoms with Crippen LogP contribution in [0.1, 0.15) is 5.82 Å². The van der Waals surface area contributed by atoms with E-state index in [0.717, 1.165) is 22.4 Å². The van der Waals surface area contributed by atoms with Gasteiger partial charge in [0, 0.05) is 18.8 Å². The Kier molecular flexibility index (Phi) is 4.09. The second-order valence-electron chi connectivity index (χ2n) is 3.75. The zero-order chi connectivity index (χ0) is 13.0. The fourth-order valence-electron chi connectivity index (χ4n) is 1.59. The molecule has 0 saturated heterocycles. The average molecular weight is 264 g/mol. The van der Waals surface area contributed by atoms with E-state index in [4.69, 9.17) is 4.74 Å². The number of nitrogens with one attached hydrogen (secondary N) is 1. The van der Waals surface area contributed by atoms with Crippen LogP contribution >= 0.6 is 11.8 Å². The minimum Gasteiger partial charge on any atom is -0.497 e. The molecule has 0 bridgehead atoms. The SMILES string of the molecule is COc1cccc(NCc2nnc(SC)n2C)c1. The van der Waals surface area contributed by atoms with Crippen molar-refractivity contribution in [3.05, 3.63) is 30.1 Å². The van der Waals surface area contributed by atoms with Crippen LogP contribution in [0, 0.1) is 0 Å². The first-order chi connectivity index (χ1) is 8.74. The van der Waals surface area contributed by atoms with Crippen molar-refractivity contribution in [3.8, 4) is 5.75 Å². The summed E-state index contributed by atoms with van der Waals surface area (Å²) in [6.07, 6.45) is 1.99. The Morgan fingerprint density at radius 2 is 2.22 bits per heavy atom. The lowest BCUT2D eigenvalue weighted by molar-refractivity contribution is 0.415. The molecule has 5 nitrogen and oxygen atoms in total. The van der Waals surface area contributed by atoms with E-state index in [1.807, 2.05) is 42.1 Å². The second kappa shape index (κ2) is 5.77. The van der Waals surface area contributed by atoms with E-state index in [0.29, 0.717) is 6.54 Å². The summed E-state index contributed by atoms with van der Waals surface area (Å²) < 4.78 is 7.16. The zero-order valence-corrected chi connectivity index (χ0v) is 11.5. The Bertz CT molecular complexity index is 527. The smallest absolute Gasteiger partial charge is 0.190 e. The molecule has 0 aliphatic carbocycles. The first-order valence-corrected chi connectivity index (χ1v) is 6.77. The molecule has 18 heavy (non-hydrogen) atoms. The van der Waals surface area contributed by atoms with Crippen molar-refractivity contribution < 1.29 is 4.74 Å². The minimum atomic E-state index is 0.636. The first-order valence-electron chi connectivity index (χ1n) is 5.54. The van der Waals surface area contributed by atoms with E-state index in [-0.39, 0.29) is 0 Å². The zero-order valence-electron chi connectivity index (χ0n) is 10.7. The molecule has 0 amide bonds. The molecule has 0 aliphatic rings. The Morgan fingerprint density at radius 3 is 2.89 bits per heavy atom. The Labute approximate surface area is 111 Å². The summed E-state index contributed by atoms with van der Waals surface area (Å²) in [7, 11) is 3.63. The third-order valence-corrected chi connectivity index (χ3v) is 3.35. The molecule has 0 atom stereocenters. The summed E-state index contributed by atoms with van der Waals surface area (Å²) >= 11 is 1.59. The van der Waals surface area contributed by atoms with Gasteiger partial charge in [0.1, 0.15) is 5.75 Å². The highest BCUT2D eigenvalue weighted by molar-refractivity contribution is 7.98. The normalized spacial score (nSPS) is 10.4. The summed E-state index contributed by atoms with van der Waals surface area (Å²) in [5.74, 6) is 1.74. The highest BCUT2D eigenvalue weighted by atomic mass is 32.2. The Morgan fingerprint density at radius 1 is 1.39 bits per heavy atom. The van der Waals surface area contributed by atoms with Gasteiger partial charge in [-0.15, -0.1) is 10.2 Å². The number of aromatic nitrogens is 3. The van der Waals surface area contributed by atoms with E-state index in [1.165, 1.54) is 0 Å². The fraction of sp³-hybridized carbons (Fsp3) is 0.333. The molecule has 0 radical (unpaired) electrons. The van der Waals surface area contributed by atoms with Crippen molar-refractivity contribution in [3.63, 3.8) is 0 Å². The number of hydrogen-bond donors (Lipinski definition) is 1. The van der Waals surface area contributed by atoms with Crippen molar-refractivity contribution in [1.82, 2.24) is 14.8 Å². The fourth-order valence-corrected chi connectivity index (χ4v) is 2.09. The van der Waals surface area contributed by atoms with Gasteiger partial charge in [-0.25, -0.2) is 0 Å². The molecule has 2 aromatic rings. The summed E-state index contributed by atoms with van der Waals surface area (Å²) in [4.78, 5) is 0. The molecule has 2 rings (SSSR count). The first kappa shape index (κ1) is 12.8. The molecule has 0 unspecified atom stereocenters. The predicted molar refractivity (Wildman–Crippen MR) is 73.1 cm³/mol. The standard InChI is InChI=1S/C12H16N4OS/c1-16-11(14-15-12(16)18-3)8-13-9-5-4-6-10(7-9)17-2/h4-7,13H,8H2,1-3H3. The number of benzene rings is 1. The molecule has 96 valence electrons. The van der Waals surface area contributed by atoms with Gasteiger partial charge in [0.15, 0.2) is 11.0 Å². The lowest BCUT2D eigenvalue weighted by Gasteiger charge is -2.07. The number of nitrogens with zero attached hydrogens (tertiary/aromatic N) is 3. The molecule has 1 heterocycles. The summed E-state index contributed by atoms with van der Waals surface area (Å²) in [6.45, 7) is 0.636. The molecular weight excluding hydrogens is 248 g/mol. The Balaban J connectivity index is 2.04. The maximum absolute atomic E-state index is 5.18. The maximum Gasteiger partial charge on any atom is 0.190 e. The largest absolute Gasteiger partial charge is 0.497 e. The van der Waals surface area contributed by atoms with E-state index in [2.05, 4.69) is 15.5 Å². The van der Waals surface area contributed by atoms with Gasteiger partial charge in [-0.3, -0.25) is 0 Å². The molecular formula is C12H16N4OS. The molecule has 1 N–H and O–H groups in total. The quantitative estimate of drug-likeness (QED) is 0.839. The van der Waals surface area contributed by atoms with E-state index in [9.17, 15) is 0 Å². The maximum atomic E-state index is 5.18.